The maximum atomic E-state index is 13.3. The number of aryl methyl sites for hydroxylation is 1. The summed E-state index contributed by atoms with van der Waals surface area (Å²) in [5, 5.41) is 3.03. The van der Waals surface area contributed by atoms with Crippen molar-refractivity contribution < 1.29 is 17.2 Å². The standard InChI is InChI=1S/C22H16ClFN2O3S/c1-14-3-2-4-15(13-14)20-26-22(30(27,28)19-11-5-16(23)6-12-19)21(29-20)25-18-9-7-17(24)8-10-18/h2-13,25H,1H3. The number of sulfone groups is 1. The van der Waals surface area contributed by atoms with E-state index in [1.165, 1.54) is 48.5 Å². The number of anilines is 2. The van der Waals surface area contributed by atoms with Gasteiger partial charge in [0.05, 0.1) is 4.90 Å². The Morgan fingerprint density at radius 2 is 1.70 bits per heavy atom. The molecule has 0 radical (unpaired) electrons. The largest absolute Gasteiger partial charge is 0.419 e. The lowest BCUT2D eigenvalue weighted by Crippen LogP contribution is -2.05. The van der Waals surface area contributed by atoms with Crippen LogP contribution >= 0.6 is 11.6 Å². The van der Waals surface area contributed by atoms with Gasteiger partial charge in [0.15, 0.2) is 0 Å². The minimum atomic E-state index is -4.01. The van der Waals surface area contributed by atoms with Crippen LogP contribution in [0.2, 0.25) is 5.02 Å². The monoisotopic (exact) mass is 442 g/mol. The highest BCUT2D eigenvalue weighted by atomic mass is 35.5. The lowest BCUT2D eigenvalue weighted by molar-refractivity contribution is 0.581. The van der Waals surface area contributed by atoms with E-state index in [2.05, 4.69) is 10.3 Å². The third kappa shape index (κ3) is 4.08. The Bertz CT molecular complexity index is 1300. The molecule has 4 aromatic rings. The highest BCUT2D eigenvalue weighted by molar-refractivity contribution is 7.91. The summed E-state index contributed by atoms with van der Waals surface area (Å²) in [5.41, 5.74) is 2.06. The summed E-state index contributed by atoms with van der Waals surface area (Å²) in [7, 11) is -4.01. The molecule has 8 heteroatoms. The van der Waals surface area contributed by atoms with Crippen LogP contribution in [0.15, 0.2) is 87.1 Å². The van der Waals surface area contributed by atoms with Gasteiger partial charge in [0.2, 0.25) is 26.6 Å². The number of hydrogen-bond donors (Lipinski definition) is 1. The molecule has 0 atom stereocenters. The number of rotatable bonds is 5. The molecule has 3 aromatic carbocycles. The van der Waals surface area contributed by atoms with Crippen LogP contribution in [0.25, 0.3) is 11.5 Å². The van der Waals surface area contributed by atoms with Crippen molar-refractivity contribution in [3.05, 3.63) is 89.2 Å². The van der Waals surface area contributed by atoms with E-state index < -0.39 is 15.7 Å². The molecule has 0 bridgehead atoms. The van der Waals surface area contributed by atoms with Crippen LogP contribution in [-0.4, -0.2) is 13.4 Å². The summed E-state index contributed by atoms with van der Waals surface area (Å²) in [6.07, 6.45) is 0. The molecule has 0 amide bonds. The molecule has 0 aliphatic carbocycles. The molecule has 152 valence electrons. The van der Waals surface area contributed by atoms with Crippen molar-refractivity contribution in [2.45, 2.75) is 16.8 Å². The van der Waals surface area contributed by atoms with Crippen molar-refractivity contribution in [2.24, 2.45) is 0 Å². The van der Waals surface area contributed by atoms with Crippen molar-refractivity contribution in [3.8, 4) is 11.5 Å². The summed E-state index contributed by atoms with van der Waals surface area (Å²) in [6.45, 7) is 1.91. The third-order valence-corrected chi connectivity index (χ3v) is 6.27. The van der Waals surface area contributed by atoms with Gasteiger partial charge >= 0.3 is 0 Å². The maximum Gasteiger partial charge on any atom is 0.238 e. The topological polar surface area (TPSA) is 72.2 Å². The van der Waals surface area contributed by atoms with Gasteiger partial charge in [-0.05, 0) is 67.6 Å². The Kier molecular flexibility index (Phi) is 5.32. The molecule has 0 saturated heterocycles. The smallest absolute Gasteiger partial charge is 0.238 e. The maximum absolute atomic E-state index is 13.3. The first-order valence-electron chi connectivity index (χ1n) is 8.94. The minimum Gasteiger partial charge on any atom is -0.419 e. The molecule has 5 nitrogen and oxygen atoms in total. The molecule has 0 aliphatic rings. The lowest BCUT2D eigenvalue weighted by Gasteiger charge is -2.06. The number of benzene rings is 3. The lowest BCUT2D eigenvalue weighted by atomic mass is 10.1. The Labute approximate surface area is 178 Å². The van der Waals surface area contributed by atoms with Crippen LogP contribution in [0, 0.1) is 12.7 Å². The van der Waals surface area contributed by atoms with Gasteiger partial charge in [0.1, 0.15) is 5.82 Å². The van der Waals surface area contributed by atoms with Crippen molar-refractivity contribution in [3.63, 3.8) is 0 Å². The van der Waals surface area contributed by atoms with Gasteiger partial charge in [-0.3, -0.25) is 0 Å². The fourth-order valence-electron chi connectivity index (χ4n) is 2.86. The molecule has 0 fully saturated rings. The van der Waals surface area contributed by atoms with Crippen LogP contribution in [0.3, 0.4) is 0 Å². The predicted octanol–water partition coefficient (Wildman–Crippen LogP) is 6.02. The summed E-state index contributed by atoms with van der Waals surface area (Å²) in [6, 6.07) is 18.6. The predicted molar refractivity (Wildman–Crippen MR) is 113 cm³/mol. The van der Waals surface area contributed by atoms with E-state index in [1.807, 2.05) is 25.1 Å². The van der Waals surface area contributed by atoms with Gasteiger partial charge in [-0.2, -0.15) is 4.98 Å². The van der Waals surface area contributed by atoms with E-state index in [0.717, 1.165) is 5.56 Å². The molecular formula is C22H16ClFN2O3S. The number of aromatic nitrogens is 1. The number of halogens is 2. The number of hydrogen-bond acceptors (Lipinski definition) is 5. The number of nitrogens with one attached hydrogen (secondary N) is 1. The van der Waals surface area contributed by atoms with Crippen molar-refractivity contribution in [1.82, 2.24) is 4.98 Å². The molecule has 0 saturated carbocycles. The van der Waals surface area contributed by atoms with E-state index >= 15 is 0 Å². The number of oxazole rings is 1. The fraction of sp³-hybridized carbons (Fsp3) is 0.0455. The Morgan fingerprint density at radius 3 is 2.37 bits per heavy atom. The Hall–Kier alpha value is -3.16. The first-order valence-corrected chi connectivity index (χ1v) is 10.8. The highest BCUT2D eigenvalue weighted by Crippen LogP contribution is 2.34. The number of nitrogens with zero attached hydrogens (tertiary/aromatic N) is 1. The van der Waals surface area contributed by atoms with Crippen molar-refractivity contribution >= 4 is 33.0 Å². The van der Waals surface area contributed by atoms with Crippen LogP contribution < -0.4 is 5.32 Å². The summed E-state index contributed by atoms with van der Waals surface area (Å²) >= 11 is 5.89. The molecule has 1 aromatic heterocycles. The second-order valence-electron chi connectivity index (χ2n) is 6.61. The zero-order chi connectivity index (χ0) is 21.3. The Morgan fingerprint density at radius 1 is 1.00 bits per heavy atom. The quantitative estimate of drug-likeness (QED) is 0.409. The van der Waals surface area contributed by atoms with E-state index in [0.29, 0.717) is 16.3 Å². The SMILES string of the molecule is Cc1cccc(-c2nc(S(=O)(=O)c3ccc(Cl)cc3)c(Nc3ccc(F)cc3)o2)c1. The van der Waals surface area contributed by atoms with Gasteiger partial charge in [0, 0.05) is 16.3 Å². The van der Waals surface area contributed by atoms with Gasteiger partial charge in [-0.15, -0.1) is 0 Å². The first-order chi connectivity index (χ1) is 14.3. The highest BCUT2D eigenvalue weighted by Gasteiger charge is 2.28. The normalized spacial score (nSPS) is 11.4. The molecule has 4 rings (SSSR count). The van der Waals surface area contributed by atoms with Crippen LogP contribution in [0.1, 0.15) is 5.56 Å². The second kappa shape index (κ2) is 7.93. The van der Waals surface area contributed by atoms with E-state index in [4.69, 9.17) is 16.0 Å². The third-order valence-electron chi connectivity index (χ3n) is 4.34. The Balaban J connectivity index is 1.84. The molecule has 0 aliphatic heterocycles. The van der Waals surface area contributed by atoms with Gasteiger partial charge in [-0.1, -0.05) is 29.3 Å². The van der Waals surface area contributed by atoms with Crippen LogP contribution in [-0.2, 0) is 9.84 Å². The van der Waals surface area contributed by atoms with Gasteiger partial charge < -0.3 is 9.73 Å². The van der Waals surface area contributed by atoms with Crippen molar-refractivity contribution in [2.75, 3.05) is 5.32 Å². The molecule has 1 heterocycles. The van der Waals surface area contributed by atoms with Crippen LogP contribution in [0.5, 0.6) is 0 Å². The van der Waals surface area contributed by atoms with Gasteiger partial charge in [0.25, 0.3) is 0 Å². The van der Waals surface area contributed by atoms with Crippen molar-refractivity contribution in [1.29, 1.82) is 0 Å². The molecule has 1 N–H and O–H groups in total. The molecule has 30 heavy (non-hydrogen) atoms. The van der Waals surface area contributed by atoms with Crippen LogP contribution in [0.4, 0.5) is 16.0 Å². The van der Waals surface area contributed by atoms with E-state index in [9.17, 15) is 12.8 Å². The average Bonchev–Trinajstić information content (AvgIpc) is 3.15. The minimum absolute atomic E-state index is 0.0261. The molecule has 0 unspecified atom stereocenters. The molecule has 0 spiro atoms. The second-order valence-corrected chi connectivity index (χ2v) is 8.91. The summed E-state index contributed by atoms with van der Waals surface area (Å²) in [5.74, 6) is -0.323. The van der Waals surface area contributed by atoms with E-state index in [-0.39, 0.29) is 21.7 Å². The summed E-state index contributed by atoms with van der Waals surface area (Å²) in [4.78, 5) is 4.31. The fourth-order valence-corrected chi connectivity index (χ4v) is 4.24. The zero-order valence-electron chi connectivity index (χ0n) is 15.8. The summed E-state index contributed by atoms with van der Waals surface area (Å²) < 4.78 is 45.6. The first kappa shape index (κ1) is 20.1. The van der Waals surface area contributed by atoms with Gasteiger partial charge in [-0.25, -0.2) is 12.8 Å². The van der Waals surface area contributed by atoms with E-state index in [1.54, 1.807) is 6.07 Å². The zero-order valence-corrected chi connectivity index (χ0v) is 17.3. The average molecular weight is 443 g/mol. The molecular weight excluding hydrogens is 427 g/mol.